The Morgan fingerprint density at radius 3 is 2.83 bits per heavy atom. The molecule has 2 aromatic rings. The maximum Gasteiger partial charge on any atom is 0.181 e. The van der Waals surface area contributed by atoms with Gasteiger partial charge < -0.3 is 5.32 Å². The first-order valence-corrected chi connectivity index (χ1v) is 6.57. The van der Waals surface area contributed by atoms with E-state index in [2.05, 4.69) is 38.7 Å². The third kappa shape index (κ3) is 2.37. The van der Waals surface area contributed by atoms with Crippen LogP contribution in [0.25, 0.3) is 11.4 Å². The second-order valence-corrected chi connectivity index (χ2v) is 4.95. The normalized spacial score (nSPS) is 16.1. The molecule has 0 aliphatic heterocycles. The van der Waals surface area contributed by atoms with Crippen LogP contribution >= 0.6 is 0 Å². The van der Waals surface area contributed by atoms with Crippen molar-refractivity contribution in [2.75, 3.05) is 5.32 Å². The molecule has 0 amide bonds. The van der Waals surface area contributed by atoms with Crippen molar-refractivity contribution in [2.24, 2.45) is 0 Å². The lowest BCUT2D eigenvalue weighted by atomic mass is 10.1. The molecular formula is C14H18N4. The molecule has 2 N–H and O–H groups in total. The van der Waals surface area contributed by atoms with Crippen molar-refractivity contribution in [1.29, 1.82) is 0 Å². The van der Waals surface area contributed by atoms with Crippen LogP contribution in [0.4, 0.5) is 5.69 Å². The fourth-order valence-electron chi connectivity index (χ4n) is 2.53. The van der Waals surface area contributed by atoms with Gasteiger partial charge in [0.15, 0.2) is 5.82 Å². The van der Waals surface area contributed by atoms with Gasteiger partial charge in [0.05, 0.1) is 0 Å². The van der Waals surface area contributed by atoms with E-state index in [-0.39, 0.29) is 0 Å². The minimum atomic E-state index is 0.633. The van der Waals surface area contributed by atoms with Crippen LogP contribution in [-0.2, 0) is 0 Å². The highest BCUT2D eigenvalue weighted by Gasteiger charge is 2.14. The number of hydrogen-bond donors (Lipinski definition) is 2. The second-order valence-electron chi connectivity index (χ2n) is 4.95. The van der Waals surface area contributed by atoms with Gasteiger partial charge >= 0.3 is 0 Å². The summed E-state index contributed by atoms with van der Waals surface area (Å²) in [6.07, 6.45) is 5.25. The van der Waals surface area contributed by atoms with E-state index in [9.17, 15) is 0 Å². The minimum Gasteiger partial charge on any atom is -0.382 e. The predicted molar refractivity (Wildman–Crippen MR) is 72.4 cm³/mol. The van der Waals surface area contributed by atoms with Crippen molar-refractivity contribution in [1.82, 2.24) is 15.2 Å². The molecule has 1 fully saturated rings. The zero-order chi connectivity index (χ0) is 12.4. The molecular weight excluding hydrogens is 224 g/mol. The number of hydrogen-bond acceptors (Lipinski definition) is 3. The van der Waals surface area contributed by atoms with Crippen molar-refractivity contribution < 1.29 is 0 Å². The van der Waals surface area contributed by atoms with E-state index >= 15 is 0 Å². The number of aryl methyl sites for hydroxylation is 1. The fourth-order valence-corrected chi connectivity index (χ4v) is 2.53. The van der Waals surface area contributed by atoms with Crippen molar-refractivity contribution in [2.45, 2.75) is 38.6 Å². The number of nitrogens with zero attached hydrogens (tertiary/aromatic N) is 2. The minimum absolute atomic E-state index is 0.633. The van der Waals surface area contributed by atoms with Gasteiger partial charge in [0.1, 0.15) is 5.82 Å². The molecule has 0 radical (unpaired) electrons. The van der Waals surface area contributed by atoms with Gasteiger partial charge in [0, 0.05) is 17.3 Å². The quantitative estimate of drug-likeness (QED) is 0.869. The topological polar surface area (TPSA) is 53.6 Å². The van der Waals surface area contributed by atoms with Gasteiger partial charge in [-0.1, -0.05) is 25.0 Å². The second kappa shape index (κ2) is 4.80. The molecule has 1 aliphatic rings. The van der Waals surface area contributed by atoms with Crippen LogP contribution in [0.3, 0.4) is 0 Å². The van der Waals surface area contributed by atoms with Gasteiger partial charge in [-0.25, -0.2) is 4.98 Å². The summed E-state index contributed by atoms with van der Waals surface area (Å²) < 4.78 is 0. The third-order valence-electron chi connectivity index (χ3n) is 3.44. The summed E-state index contributed by atoms with van der Waals surface area (Å²) in [6, 6.07) is 8.97. The average molecular weight is 242 g/mol. The van der Waals surface area contributed by atoms with Gasteiger partial charge in [0.25, 0.3) is 0 Å². The summed E-state index contributed by atoms with van der Waals surface area (Å²) in [5.41, 5.74) is 2.23. The molecule has 94 valence electrons. The Kier molecular flexibility index (Phi) is 3.00. The molecule has 0 saturated heterocycles. The van der Waals surface area contributed by atoms with Gasteiger partial charge in [-0.3, -0.25) is 5.10 Å². The van der Waals surface area contributed by atoms with E-state index in [0.29, 0.717) is 6.04 Å². The lowest BCUT2D eigenvalue weighted by molar-refractivity contribution is 0.755. The molecule has 1 heterocycles. The lowest BCUT2D eigenvalue weighted by Crippen LogP contribution is -2.14. The molecule has 0 atom stereocenters. The van der Waals surface area contributed by atoms with Crippen molar-refractivity contribution in [3.05, 3.63) is 30.1 Å². The van der Waals surface area contributed by atoms with E-state index in [1.807, 2.05) is 13.0 Å². The molecule has 3 rings (SSSR count). The Balaban J connectivity index is 1.80. The molecule has 0 bridgehead atoms. The molecule has 1 aromatic carbocycles. The molecule has 0 unspecified atom stereocenters. The highest BCUT2D eigenvalue weighted by Crippen LogP contribution is 2.24. The van der Waals surface area contributed by atoms with Gasteiger partial charge in [-0.2, -0.15) is 5.10 Å². The molecule has 4 heteroatoms. The van der Waals surface area contributed by atoms with Gasteiger partial charge in [0.2, 0.25) is 0 Å². The molecule has 1 aliphatic carbocycles. The van der Waals surface area contributed by atoms with Crippen molar-refractivity contribution in [3.8, 4) is 11.4 Å². The molecule has 1 saturated carbocycles. The molecule has 0 spiro atoms. The Hall–Kier alpha value is -1.84. The zero-order valence-electron chi connectivity index (χ0n) is 10.6. The van der Waals surface area contributed by atoms with Crippen molar-refractivity contribution in [3.63, 3.8) is 0 Å². The molecule has 4 nitrogen and oxygen atoms in total. The van der Waals surface area contributed by atoms with E-state index in [1.165, 1.54) is 31.4 Å². The summed E-state index contributed by atoms with van der Waals surface area (Å²) >= 11 is 0. The van der Waals surface area contributed by atoms with Crippen LogP contribution in [0.2, 0.25) is 0 Å². The number of nitrogens with one attached hydrogen (secondary N) is 2. The maximum atomic E-state index is 4.36. The highest BCUT2D eigenvalue weighted by atomic mass is 15.2. The standard InChI is InChI=1S/C14H18N4/c1-10-15-14(18-17-10)11-5-4-8-13(9-11)16-12-6-2-3-7-12/h4-5,8-9,12,16H,2-3,6-7H2,1H3,(H,15,17,18). The highest BCUT2D eigenvalue weighted by molar-refractivity contribution is 5.62. The first-order valence-electron chi connectivity index (χ1n) is 6.57. The number of benzene rings is 1. The average Bonchev–Trinajstić information content (AvgIpc) is 3.01. The summed E-state index contributed by atoms with van der Waals surface area (Å²) in [7, 11) is 0. The Morgan fingerprint density at radius 1 is 1.28 bits per heavy atom. The maximum absolute atomic E-state index is 4.36. The monoisotopic (exact) mass is 242 g/mol. The molecule has 1 aromatic heterocycles. The van der Waals surface area contributed by atoms with Crippen LogP contribution in [0.1, 0.15) is 31.5 Å². The van der Waals surface area contributed by atoms with Crippen LogP contribution < -0.4 is 5.32 Å². The number of rotatable bonds is 3. The van der Waals surface area contributed by atoms with E-state index in [1.54, 1.807) is 0 Å². The first kappa shape index (κ1) is 11.3. The largest absolute Gasteiger partial charge is 0.382 e. The van der Waals surface area contributed by atoms with E-state index in [0.717, 1.165) is 17.2 Å². The lowest BCUT2D eigenvalue weighted by Gasteiger charge is -2.13. The Labute approximate surface area is 107 Å². The van der Waals surface area contributed by atoms with Gasteiger partial charge in [-0.05, 0) is 31.9 Å². The van der Waals surface area contributed by atoms with Crippen molar-refractivity contribution >= 4 is 5.69 Å². The number of aromatic nitrogens is 3. The van der Waals surface area contributed by atoms with E-state index < -0.39 is 0 Å². The van der Waals surface area contributed by atoms with Crippen LogP contribution in [0.15, 0.2) is 24.3 Å². The fraction of sp³-hybridized carbons (Fsp3) is 0.429. The summed E-state index contributed by atoms with van der Waals surface area (Å²) in [5.74, 6) is 1.61. The Morgan fingerprint density at radius 2 is 2.11 bits per heavy atom. The number of anilines is 1. The number of aromatic amines is 1. The summed E-state index contributed by atoms with van der Waals surface area (Å²) in [6.45, 7) is 1.91. The third-order valence-corrected chi connectivity index (χ3v) is 3.44. The first-order chi connectivity index (χ1) is 8.81. The number of H-pyrrole nitrogens is 1. The van der Waals surface area contributed by atoms with Crippen LogP contribution in [0.5, 0.6) is 0 Å². The van der Waals surface area contributed by atoms with E-state index in [4.69, 9.17) is 0 Å². The van der Waals surface area contributed by atoms with Crippen LogP contribution in [0, 0.1) is 6.92 Å². The Bertz CT molecular complexity index is 526. The molecule has 18 heavy (non-hydrogen) atoms. The van der Waals surface area contributed by atoms with Gasteiger partial charge in [-0.15, -0.1) is 0 Å². The van der Waals surface area contributed by atoms with Crippen LogP contribution in [-0.4, -0.2) is 21.2 Å². The summed E-state index contributed by atoms with van der Waals surface area (Å²) in [5, 5.41) is 10.7. The smallest absolute Gasteiger partial charge is 0.181 e. The predicted octanol–water partition coefficient (Wildman–Crippen LogP) is 3.13. The summed E-state index contributed by atoms with van der Waals surface area (Å²) in [4.78, 5) is 4.36. The SMILES string of the molecule is Cc1nc(-c2cccc(NC3CCCC3)c2)n[nH]1. The zero-order valence-corrected chi connectivity index (χ0v) is 10.6.